The molecule has 7 heteroatoms. The summed E-state index contributed by atoms with van der Waals surface area (Å²) >= 11 is 4.05. The zero-order valence-corrected chi connectivity index (χ0v) is 12.5. The predicted molar refractivity (Wildman–Crippen MR) is 75.4 cm³/mol. The second kappa shape index (κ2) is 6.15. The van der Waals surface area contributed by atoms with Crippen molar-refractivity contribution >= 4 is 27.7 Å². The molecule has 0 aliphatic carbocycles. The van der Waals surface area contributed by atoms with Crippen LogP contribution in [0.4, 0.5) is 13.2 Å². The third-order valence-electron chi connectivity index (χ3n) is 2.50. The first-order valence-corrected chi connectivity index (χ1v) is 7.21. The third-order valence-corrected chi connectivity index (χ3v) is 4.10. The van der Waals surface area contributed by atoms with Gasteiger partial charge in [-0.3, -0.25) is 0 Å². The highest BCUT2D eigenvalue weighted by Crippen LogP contribution is 2.42. The molecule has 2 nitrogen and oxygen atoms in total. The Morgan fingerprint density at radius 1 is 1.25 bits per heavy atom. The summed E-state index contributed by atoms with van der Waals surface area (Å²) in [7, 11) is 0. The minimum absolute atomic E-state index is 0.0255. The number of rotatable bonds is 3. The fraction of sp³-hybridized carbons (Fsp3) is 0.154. The van der Waals surface area contributed by atoms with E-state index in [4.69, 9.17) is 5.73 Å². The van der Waals surface area contributed by atoms with E-state index in [2.05, 4.69) is 20.9 Å². The Morgan fingerprint density at radius 2 is 2.00 bits per heavy atom. The molecule has 0 aliphatic heterocycles. The molecule has 20 heavy (non-hydrogen) atoms. The fourth-order valence-corrected chi connectivity index (χ4v) is 3.18. The highest BCUT2D eigenvalue weighted by molar-refractivity contribution is 9.10. The predicted octanol–water partition coefficient (Wildman–Crippen LogP) is 4.47. The number of benzene rings is 1. The van der Waals surface area contributed by atoms with Crippen molar-refractivity contribution in [3.8, 4) is 0 Å². The maximum absolute atomic E-state index is 13.2. The lowest BCUT2D eigenvalue weighted by Crippen LogP contribution is -2.10. The molecule has 0 spiro atoms. The third kappa shape index (κ3) is 3.53. The molecule has 0 atom stereocenters. The molecule has 1 aromatic heterocycles. The number of aromatic nitrogens is 1. The lowest BCUT2D eigenvalue weighted by atomic mass is 10.1. The summed E-state index contributed by atoms with van der Waals surface area (Å²) in [6.07, 6.45) is -2.90. The largest absolute Gasteiger partial charge is 0.417 e. The van der Waals surface area contributed by atoms with E-state index in [-0.39, 0.29) is 11.4 Å². The molecule has 1 heterocycles. The van der Waals surface area contributed by atoms with Crippen LogP contribution in [-0.4, -0.2) is 4.98 Å². The summed E-state index contributed by atoms with van der Waals surface area (Å²) in [5, 5.41) is 0.495. The number of pyridine rings is 1. The number of hydrogen-bond donors (Lipinski definition) is 1. The van der Waals surface area contributed by atoms with E-state index < -0.39 is 11.7 Å². The first kappa shape index (κ1) is 15.3. The Kier molecular flexibility index (Phi) is 4.72. The maximum Gasteiger partial charge on any atom is 0.417 e. The minimum Gasteiger partial charge on any atom is -0.326 e. The van der Waals surface area contributed by atoms with Crippen molar-refractivity contribution in [3.05, 3.63) is 52.1 Å². The summed E-state index contributed by atoms with van der Waals surface area (Å²) < 4.78 is 39.8. The normalized spacial score (nSPS) is 11.7. The van der Waals surface area contributed by atoms with E-state index in [1.165, 1.54) is 6.20 Å². The van der Waals surface area contributed by atoms with Gasteiger partial charge in [0.15, 0.2) is 0 Å². The number of nitrogens with two attached hydrogens (primary N) is 1. The van der Waals surface area contributed by atoms with Crippen LogP contribution < -0.4 is 5.73 Å². The van der Waals surface area contributed by atoms with E-state index in [9.17, 15) is 13.2 Å². The van der Waals surface area contributed by atoms with E-state index in [0.29, 0.717) is 15.1 Å². The summed E-state index contributed by atoms with van der Waals surface area (Å²) in [6, 6.07) is 7.75. The highest BCUT2D eigenvalue weighted by Gasteiger charge is 2.35. The van der Waals surface area contributed by atoms with Crippen LogP contribution in [0, 0.1) is 0 Å². The number of nitrogens with zero attached hydrogens (tertiary/aromatic N) is 1. The maximum atomic E-state index is 13.2. The van der Waals surface area contributed by atoms with Gasteiger partial charge in [0.1, 0.15) is 5.03 Å². The van der Waals surface area contributed by atoms with E-state index in [1.807, 2.05) is 0 Å². The van der Waals surface area contributed by atoms with Crippen molar-refractivity contribution < 1.29 is 13.2 Å². The minimum atomic E-state index is -4.44. The Labute approximate surface area is 126 Å². The molecule has 0 amide bonds. The molecule has 0 bridgehead atoms. The summed E-state index contributed by atoms with van der Waals surface area (Å²) in [5.74, 6) is 0. The molecule has 106 valence electrons. The van der Waals surface area contributed by atoms with Crippen LogP contribution in [0.5, 0.6) is 0 Å². The zero-order valence-electron chi connectivity index (χ0n) is 10.1. The van der Waals surface area contributed by atoms with Gasteiger partial charge in [-0.2, -0.15) is 13.2 Å². The Bertz CT molecular complexity index is 603. The molecule has 1 aromatic carbocycles. The smallest absolute Gasteiger partial charge is 0.326 e. The Hall–Kier alpha value is -1.05. The van der Waals surface area contributed by atoms with Gasteiger partial charge in [-0.05, 0) is 29.8 Å². The van der Waals surface area contributed by atoms with Crippen LogP contribution in [0.15, 0.2) is 50.9 Å². The van der Waals surface area contributed by atoms with Gasteiger partial charge in [-0.25, -0.2) is 4.98 Å². The van der Waals surface area contributed by atoms with Gasteiger partial charge in [-0.1, -0.05) is 33.8 Å². The molecular formula is C13H10BrF3N2S. The van der Waals surface area contributed by atoms with Crippen molar-refractivity contribution in [2.24, 2.45) is 5.73 Å². The van der Waals surface area contributed by atoms with Gasteiger partial charge < -0.3 is 5.73 Å². The van der Waals surface area contributed by atoms with Crippen LogP contribution in [0.2, 0.25) is 0 Å². The van der Waals surface area contributed by atoms with Gasteiger partial charge in [-0.15, -0.1) is 0 Å². The van der Waals surface area contributed by atoms with E-state index >= 15 is 0 Å². The van der Waals surface area contributed by atoms with Crippen LogP contribution in [-0.2, 0) is 12.7 Å². The number of halogens is 4. The lowest BCUT2D eigenvalue weighted by Gasteiger charge is -2.16. The van der Waals surface area contributed by atoms with Gasteiger partial charge in [0, 0.05) is 22.1 Å². The molecule has 0 unspecified atom stereocenters. The first-order valence-electron chi connectivity index (χ1n) is 5.60. The number of alkyl halides is 3. The van der Waals surface area contributed by atoms with Crippen LogP contribution >= 0.6 is 27.7 Å². The van der Waals surface area contributed by atoms with Gasteiger partial charge in [0.2, 0.25) is 0 Å². The molecule has 0 saturated carbocycles. The van der Waals surface area contributed by atoms with Gasteiger partial charge in [0.05, 0.1) is 5.56 Å². The van der Waals surface area contributed by atoms with Crippen LogP contribution in [0.25, 0.3) is 0 Å². The molecule has 0 aliphatic rings. The summed E-state index contributed by atoms with van der Waals surface area (Å²) in [6.45, 7) is 0.0255. The molecule has 0 saturated heterocycles. The van der Waals surface area contributed by atoms with Crippen molar-refractivity contribution in [2.75, 3.05) is 0 Å². The van der Waals surface area contributed by atoms with Crippen LogP contribution in [0.1, 0.15) is 11.1 Å². The van der Waals surface area contributed by atoms with Gasteiger partial charge in [0.25, 0.3) is 0 Å². The standard InChI is InChI=1S/C13H10BrF3N2S/c14-9-5-8(7-18)12(10(6-9)13(15,16)17)20-11-3-1-2-4-19-11/h1-6H,7,18H2. The quantitative estimate of drug-likeness (QED) is 0.875. The second-order valence-electron chi connectivity index (χ2n) is 3.91. The van der Waals surface area contributed by atoms with Crippen LogP contribution in [0.3, 0.4) is 0 Å². The average Bonchev–Trinajstić information content (AvgIpc) is 2.40. The highest BCUT2D eigenvalue weighted by atomic mass is 79.9. The van der Waals surface area contributed by atoms with Crippen molar-refractivity contribution in [3.63, 3.8) is 0 Å². The Balaban J connectivity index is 2.54. The second-order valence-corrected chi connectivity index (χ2v) is 5.86. The van der Waals surface area contributed by atoms with Crippen molar-refractivity contribution in [1.82, 2.24) is 4.98 Å². The zero-order chi connectivity index (χ0) is 14.8. The summed E-state index contributed by atoms with van der Waals surface area (Å²) in [4.78, 5) is 4.14. The van der Waals surface area contributed by atoms with E-state index in [0.717, 1.165) is 17.8 Å². The van der Waals surface area contributed by atoms with E-state index in [1.54, 1.807) is 24.3 Å². The molecule has 2 aromatic rings. The van der Waals surface area contributed by atoms with Crippen molar-refractivity contribution in [2.45, 2.75) is 22.6 Å². The fourth-order valence-electron chi connectivity index (χ4n) is 1.64. The molecule has 2 rings (SSSR count). The number of hydrogen-bond acceptors (Lipinski definition) is 3. The SMILES string of the molecule is NCc1cc(Br)cc(C(F)(F)F)c1Sc1ccccn1. The molecule has 2 N–H and O–H groups in total. The molecular weight excluding hydrogens is 353 g/mol. The average molecular weight is 363 g/mol. The van der Waals surface area contributed by atoms with Crippen molar-refractivity contribution in [1.29, 1.82) is 0 Å². The van der Waals surface area contributed by atoms with Gasteiger partial charge >= 0.3 is 6.18 Å². The lowest BCUT2D eigenvalue weighted by molar-refractivity contribution is -0.139. The summed E-state index contributed by atoms with van der Waals surface area (Å²) in [5.41, 5.74) is 5.29. The monoisotopic (exact) mass is 362 g/mol. The molecule has 0 fully saturated rings. The first-order chi connectivity index (χ1) is 9.41. The Morgan fingerprint density at radius 3 is 2.55 bits per heavy atom. The molecule has 0 radical (unpaired) electrons. The topological polar surface area (TPSA) is 38.9 Å².